The van der Waals surface area contributed by atoms with E-state index < -0.39 is 11.7 Å². The van der Waals surface area contributed by atoms with E-state index in [0.29, 0.717) is 18.0 Å². The topological polar surface area (TPSA) is 70.6 Å². The lowest BCUT2D eigenvalue weighted by Crippen LogP contribution is -2.49. The van der Waals surface area contributed by atoms with Crippen molar-refractivity contribution >= 4 is 23.4 Å². The Morgan fingerprint density at radius 3 is 3.10 bits per heavy atom. The first kappa shape index (κ1) is 15.0. The predicted molar refractivity (Wildman–Crippen MR) is 81.4 cm³/mol. The molecule has 0 aromatic heterocycles. The van der Waals surface area contributed by atoms with E-state index in [0.717, 1.165) is 5.69 Å². The van der Waals surface area contributed by atoms with Gasteiger partial charge in [-0.05, 0) is 25.3 Å². The number of amides is 1. The van der Waals surface area contributed by atoms with Crippen molar-refractivity contribution in [1.82, 2.24) is 5.32 Å². The van der Waals surface area contributed by atoms with Crippen LogP contribution in [-0.2, 0) is 4.79 Å². The van der Waals surface area contributed by atoms with Crippen LogP contribution in [0, 0.1) is 0 Å². The number of ether oxygens (including phenoxy) is 1. The number of rotatable bonds is 5. The van der Waals surface area contributed by atoms with E-state index in [2.05, 4.69) is 10.6 Å². The summed E-state index contributed by atoms with van der Waals surface area (Å²) in [6.45, 7) is 2.35. The summed E-state index contributed by atoms with van der Waals surface area (Å²) in [7, 11) is 0. The van der Waals surface area contributed by atoms with Crippen LogP contribution in [0.25, 0.3) is 0 Å². The third kappa shape index (κ3) is 3.80. The number of nitrogens with one attached hydrogen (secondary N) is 2. The highest BCUT2D eigenvalue weighted by Gasteiger charge is 2.28. The molecule has 0 saturated heterocycles. The Morgan fingerprint density at radius 2 is 2.35 bits per heavy atom. The Hall–Kier alpha value is -1.40. The molecule has 1 aromatic rings. The Bertz CT molecular complexity index is 479. The van der Waals surface area contributed by atoms with Gasteiger partial charge in [-0.3, -0.25) is 4.79 Å². The van der Waals surface area contributed by atoms with Gasteiger partial charge < -0.3 is 20.5 Å². The average Bonchev–Trinajstić information content (AvgIpc) is 2.44. The fourth-order valence-electron chi connectivity index (χ4n) is 2.01. The second-order valence-electron chi connectivity index (χ2n) is 5.13. The monoisotopic (exact) mass is 296 g/mol. The van der Waals surface area contributed by atoms with Crippen LogP contribution in [0.1, 0.15) is 6.92 Å². The molecule has 20 heavy (non-hydrogen) atoms. The second-order valence-corrected chi connectivity index (χ2v) is 6.00. The minimum absolute atomic E-state index is 0.214. The molecule has 1 aliphatic heterocycles. The fraction of sp³-hybridized carbons (Fsp3) is 0.500. The molecule has 3 N–H and O–H groups in total. The average molecular weight is 296 g/mol. The number of anilines is 1. The standard InChI is InChI=1S/C14H20N2O3S/c1-14(18,9-20-2)8-16-13(17)12-7-15-10-5-3-4-6-11(10)19-12/h3-6,12,15,18H,7-9H2,1-2H3,(H,16,17). The van der Waals surface area contributed by atoms with E-state index >= 15 is 0 Å². The Kier molecular flexibility index (Phi) is 4.77. The van der Waals surface area contributed by atoms with E-state index in [-0.39, 0.29) is 12.5 Å². The molecule has 2 atom stereocenters. The van der Waals surface area contributed by atoms with Gasteiger partial charge in [0.05, 0.1) is 17.8 Å². The van der Waals surface area contributed by atoms with E-state index in [1.54, 1.807) is 18.7 Å². The van der Waals surface area contributed by atoms with Crippen LogP contribution in [0.15, 0.2) is 24.3 Å². The molecule has 110 valence electrons. The van der Waals surface area contributed by atoms with Crippen LogP contribution < -0.4 is 15.4 Å². The lowest BCUT2D eigenvalue weighted by Gasteiger charge is -2.28. The summed E-state index contributed by atoms with van der Waals surface area (Å²) in [5, 5.41) is 15.9. The molecule has 1 aromatic carbocycles. The number of carbonyl (C=O) groups excluding carboxylic acids is 1. The number of aliphatic hydroxyl groups is 1. The molecule has 2 unspecified atom stereocenters. The first-order chi connectivity index (χ1) is 9.52. The van der Waals surface area contributed by atoms with Gasteiger partial charge in [-0.2, -0.15) is 11.8 Å². The number of para-hydroxylation sites is 2. The van der Waals surface area contributed by atoms with Gasteiger partial charge >= 0.3 is 0 Å². The third-order valence-corrected chi connectivity index (χ3v) is 3.94. The summed E-state index contributed by atoms with van der Waals surface area (Å²) in [5.74, 6) is 1.03. The molecule has 5 nitrogen and oxygen atoms in total. The van der Waals surface area contributed by atoms with Gasteiger partial charge in [0, 0.05) is 12.3 Å². The quantitative estimate of drug-likeness (QED) is 0.759. The highest BCUT2D eigenvalue weighted by molar-refractivity contribution is 7.98. The van der Waals surface area contributed by atoms with Gasteiger partial charge in [0.25, 0.3) is 5.91 Å². The van der Waals surface area contributed by atoms with E-state index in [4.69, 9.17) is 4.74 Å². The van der Waals surface area contributed by atoms with Crippen molar-refractivity contribution in [1.29, 1.82) is 0 Å². The minimum Gasteiger partial charge on any atom is -0.477 e. The van der Waals surface area contributed by atoms with Crippen molar-refractivity contribution in [3.05, 3.63) is 24.3 Å². The van der Waals surface area contributed by atoms with Crippen LogP contribution in [0.3, 0.4) is 0 Å². The molecule has 0 radical (unpaired) electrons. The molecule has 2 rings (SSSR count). The lowest BCUT2D eigenvalue weighted by atomic mass is 10.1. The number of benzene rings is 1. The summed E-state index contributed by atoms with van der Waals surface area (Å²) in [5.41, 5.74) is -0.0133. The van der Waals surface area contributed by atoms with Crippen molar-refractivity contribution in [2.24, 2.45) is 0 Å². The molecule has 0 aliphatic carbocycles. The third-order valence-electron chi connectivity index (χ3n) is 3.03. The van der Waals surface area contributed by atoms with Crippen LogP contribution in [0.4, 0.5) is 5.69 Å². The molecule has 0 spiro atoms. The van der Waals surface area contributed by atoms with Gasteiger partial charge in [-0.25, -0.2) is 0 Å². The Morgan fingerprint density at radius 1 is 1.60 bits per heavy atom. The largest absolute Gasteiger partial charge is 0.477 e. The summed E-state index contributed by atoms with van der Waals surface area (Å²) < 4.78 is 5.66. The normalized spacial score (nSPS) is 20.1. The zero-order valence-electron chi connectivity index (χ0n) is 11.7. The maximum absolute atomic E-state index is 12.1. The number of carbonyl (C=O) groups is 1. The molecular weight excluding hydrogens is 276 g/mol. The number of hydrogen-bond donors (Lipinski definition) is 3. The summed E-state index contributed by atoms with van der Waals surface area (Å²) in [4.78, 5) is 12.1. The van der Waals surface area contributed by atoms with Crippen LogP contribution >= 0.6 is 11.8 Å². The van der Waals surface area contributed by atoms with E-state index in [1.165, 1.54) is 0 Å². The SMILES string of the molecule is CSCC(C)(O)CNC(=O)C1CNc2ccccc2O1. The maximum atomic E-state index is 12.1. The molecule has 0 saturated carbocycles. The summed E-state index contributed by atoms with van der Waals surface area (Å²) >= 11 is 1.54. The molecule has 0 bridgehead atoms. The number of thioether (sulfide) groups is 1. The highest BCUT2D eigenvalue weighted by atomic mass is 32.2. The van der Waals surface area contributed by atoms with Crippen molar-refractivity contribution in [3.8, 4) is 5.75 Å². The van der Waals surface area contributed by atoms with E-state index in [9.17, 15) is 9.90 Å². The first-order valence-corrected chi connectivity index (χ1v) is 7.90. The van der Waals surface area contributed by atoms with Gasteiger partial charge in [0.1, 0.15) is 5.75 Å². The van der Waals surface area contributed by atoms with Crippen LogP contribution in [-0.4, -0.2) is 47.8 Å². The lowest BCUT2D eigenvalue weighted by molar-refractivity contribution is -0.128. The maximum Gasteiger partial charge on any atom is 0.263 e. The molecule has 6 heteroatoms. The van der Waals surface area contributed by atoms with Crippen molar-refractivity contribution in [3.63, 3.8) is 0 Å². The van der Waals surface area contributed by atoms with Gasteiger partial charge in [0.15, 0.2) is 6.10 Å². The summed E-state index contributed by atoms with van der Waals surface area (Å²) in [6, 6.07) is 7.51. The van der Waals surface area contributed by atoms with E-state index in [1.807, 2.05) is 30.5 Å². The van der Waals surface area contributed by atoms with Crippen molar-refractivity contribution in [2.45, 2.75) is 18.6 Å². The first-order valence-electron chi connectivity index (χ1n) is 6.50. The van der Waals surface area contributed by atoms with Gasteiger partial charge in [0.2, 0.25) is 0 Å². The fourth-order valence-corrected chi connectivity index (χ4v) is 2.74. The highest BCUT2D eigenvalue weighted by Crippen LogP contribution is 2.28. The smallest absolute Gasteiger partial charge is 0.263 e. The zero-order chi connectivity index (χ0) is 14.6. The zero-order valence-corrected chi connectivity index (χ0v) is 12.5. The number of hydrogen-bond acceptors (Lipinski definition) is 5. The predicted octanol–water partition coefficient (Wildman–Crippen LogP) is 1.09. The molecule has 1 heterocycles. The van der Waals surface area contributed by atoms with Gasteiger partial charge in [-0.15, -0.1) is 0 Å². The molecular formula is C14H20N2O3S. The van der Waals surface area contributed by atoms with Crippen molar-refractivity contribution < 1.29 is 14.6 Å². The van der Waals surface area contributed by atoms with Crippen LogP contribution in [0.2, 0.25) is 0 Å². The minimum atomic E-state index is -0.908. The second kappa shape index (κ2) is 6.37. The summed E-state index contributed by atoms with van der Waals surface area (Å²) in [6.07, 6.45) is 1.34. The molecule has 1 aliphatic rings. The number of fused-ring (bicyclic) bond motifs is 1. The van der Waals surface area contributed by atoms with Crippen molar-refractivity contribution in [2.75, 3.05) is 30.4 Å². The van der Waals surface area contributed by atoms with Gasteiger partial charge in [-0.1, -0.05) is 12.1 Å². The Balaban J connectivity index is 1.89. The Labute approximate surface area is 123 Å². The van der Waals surface area contributed by atoms with Crippen LogP contribution in [0.5, 0.6) is 5.75 Å². The molecule has 0 fully saturated rings. The molecule has 1 amide bonds.